The van der Waals surface area contributed by atoms with Crippen LogP contribution < -0.4 is 16.4 Å². The zero-order valence-corrected chi connectivity index (χ0v) is 12.4. The van der Waals surface area contributed by atoms with Gasteiger partial charge in [0, 0.05) is 6.54 Å². The molecule has 1 aromatic rings. The van der Waals surface area contributed by atoms with Gasteiger partial charge in [-0.25, -0.2) is 4.79 Å². The van der Waals surface area contributed by atoms with E-state index >= 15 is 0 Å². The topological polar surface area (TPSA) is 84.2 Å². The largest absolute Gasteiger partial charge is 0.368 e. The van der Waals surface area contributed by atoms with Crippen molar-refractivity contribution in [1.29, 1.82) is 0 Å². The van der Waals surface area contributed by atoms with Crippen molar-refractivity contribution in [3.05, 3.63) is 35.9 Å². The molecule has 0 heterocycles. The first-order valence-electron chi connectivity index (χ1n) is 7.44. The van der Waals surface area contributed by atoms with Crippen molar-refractivity contribution < 1.29 is 9.59 Å². The predicted molar refractivity (Wildman–Crippen MR) is 81.8 cm³/mol. The highest BCUT2D eigenvalue weighted by atomic mass is 16.2. The smallest absolute Gasteiger partial charge is 0.315 e. The zero-order chi connectivity index (χ0) is 15.3. The number of nitrogens with one attached hydrogen (secondary N) is 2. The minimum Gasteiger partial charge on any atom is -0.368 e. The second-order valence-electron chi connectivity index (χ2n) is 5.80. The number of primary amides is 1. The van der Waals surface area contributed by atoms with Crippen LogP contribution in [0.2, 0.25) is 0 Å². The Bertz CT molecular complexity index is 496. The number of hydrogen-bond donors (Lipinski definition) is 3. The van der Waals surface area contributed by atoms with Gasteiger partial charge in [0.2, 0.25) is 5.91 Å². The van der Waals surface area contributed by atoms with Crippen LogP contribution in [0.25, 0.3) is 0 Å². The maximum absolute atomic E-state index is 12.0. The van der Waals surface area contributed by atoms with Crippen LogP contribution in [0.4, 0.5) is 4.79 Å². The van der Waals surface area contributed by atoms with Crippen molar-refractivity contribution >= 4 is 11.9 Å². The van der Waals surface area contributed by atoms with Gasteiger partial charge in [-0.05, 0) is 24.3 Å². The molecule has 0 radical (unpaired) electrons. The van der Waals surface area contributed by atoms with Gasteiger partial charge in [0.15, 0.2) is 0 Å². The van der Waals surface area contributed by atoms with E-state index in [9.17, 15) is 9.59 Å². The molecule has 2 rings (SSSR count). The Balaban J connectivity index is 1.86. The van der Waals surface area contributed by atoms with E-state index in [1.54, 1.807) is 0 Å². The number of hydrogen-bond acceptors (Lipinski definition) is 2. The highest BCUT2D eigenvalue weighted by molar-refractivity contribution is 5.90. The minimum absolute atomic E-state index is 0.213. The summed E-state index contributed by atoms with van der Waals surface area (Å²) in [5.41, 5.74) is 5.76. The number of amides is 3. The third kappa shape index (κ3) is 3.74. The first-order valence-corrected chi connectivity index (χ1v) is 7.44. The predicted octanol–water partition coefficient (Wildman–Crippen LogP) is 1.89. The Hall–Kier alpha value is -2.04. The summed E-state index contributed by atoms with van der Waals surface area (Å²) >= 11 is 0. The second kappa shape index (κ2) is 6.61. The van der Waals surface area contributed by atoms with Crippen LogP contribution in [-0.4, -0.2) is 24.0 Å². The molecule has 1 aliphatic carbocycles. The van der Waals surface area contributed by atoms with Gasteiger partial charge in [-0.3, -0.25) is 4.79 Å². The molecule has 5 heteroatoms. The lowest BCUT2D eigenvalue weighted by Crippen LogP contribution is -2.58. The van der Waals surface area contributed by atoms with Gasteiger partial charge >= 0.3 is 6.03 Å². The van der Waals surface area contributed by atoms with E-state index < -0.39 is 11.4 Å². The minimum atomic E-state index is -0.861. The highest BCUT2D eigenvalue weighted by Crippen LogP contribution is 2.29. The molecule has 1 atom stereocenters. The summed E-state index contributed by atoms with van der Waals surface area (Å²) in [5.74, 6) is -0.226. The number of carbonyl (C=O) groups is 2. The first kappa shape index (κ1) is 15.4. The molecule has 1 fully saturated rings. The zero-order valence-electron chi connectivity index (χ0n) is 12.4. The van der Waals surface area contributed by atoms with Gasteiger partial charge in [-0.1, -0.05) is 50.1 Å². The summed E-state index contributed by atoms with van der Waals surface area (Å²) in [7, 11) is 0. The molecular formula is C16H23N3O2. The third-order valence-corrected chi connectivity index (χ3v) is 4.22. The molecule has 21 heavy (non-hydrogen) atoms. The number of nitrogens with two attached hydrogens (primary N) is 1. The van der Waals surface area contributed by atoms with Gasteiger partial charge in [0.05, 0.1) is 0 Å². The lowest BCUT2D eigenvalue weighted by molar-refractivity contribution is -0.123. The van der Waals surface area contributed by atoms with E-state index in [4.69, 9.17) is 5.73 Å². The molecule has 0 aromatic heterocycles. The van der Waals surface area contributed by atoms with E-state index in [0.717, 1.165) is 12.8 Å². The van der Waals surface area contributed by atoms with Crippen molar-refractivity contribution in [3.8, 4) is 0 Å². The van der Waals surface area contributed by atoms with E-state index in [2.05, 4.69) is 17.6 Å². The number of urea groups is 1. The molecule has 0 unspecified atom stereocenters. The quantitative estimate of drug-likeness (QED) is 0.773. The SMILES string of the molecule is C[C@H](CNC(=O)NC1(C(N)=O)CCCC1)c1ccccc1. The summed E-state index contributed by atoms with van der Waals surface area (Å²) in [4.78, 5) is 23.6. The lowest BCUT2D eigenvalue weighted by Gasteiger charge is -2.27. The molecule has 114 valence electrons. The van der Waals surface area contributed by atoms with Crippen LogP contribution in [0, 0.1) is 0 Å². The van der Waals surface area contributed by atoms with Crippen LogP contribution in [-0.2, 0) is 4.79 Å². The summed E-state index contributed by atoms with van der Waals surface area (Å²) in [6.45, 7) is 2.57. The molecule has 1 aliphatic rings. The Kier molecular flexibility index (Phi) is 4.83. The Morgan fingerprint density at radius 2 is 1.86 bits per heavy atom. The standard InChI is InChI=1S/C16H23N3O2/c1-12(13-7-3-2-4-8-13)11-18-15(21)19-16(14(17)20)9-5-6-10-16/h2-4,7-8,12H,5-6,9-11H2,1H3,(H2,17,20)(H2,18,19,21)/t12-/m1/s1. The van der Waals surface area contributed by atoms with Crippen molar-refractivity contribution in [1.82, 2.24) is 10.6 Å². The number of benzene rings is 1. The van der Waals surface area contributed by atoms with Crippen LogP contribution in [0.15, 0.2) is 30.3 Å². The fourth-order valence-electron chi connectivity index (χ4n) is 2.82. The van der Waals surface area contributed by atoms with Crippen LogP contribution in [0.1, 0.15) is 44.1 Å². The van der Waals surface area contributed by atoms with Crippen LogP contribution in [0.5, 0.6) is 0 Å². The summed E-state index contributed by atoms with van der Waals surface area (Å²) in [6, 6.07) is 9.67. The molecule has 1 aromatic carbocycles. The van der Waals surface area contributed by atoms with Crippen molar-refractivity contribution in [2.24, 2.45) is 5.73 Å². The molecule has 0 spiro atoms. The first-order chi connectivity index (χ1) is 10.0. The Morgan fingerprint density at radius 3 is 2.43 bits per heavy atom. The lowest BCUT2D eigenvalue weighted by atomic mass is 9.97. The average Bonchev–Trinajstić information content (AvgIpc) is 2.95. The maximum Gasteiger partial charge on any atom is 0.315 e. The summed E-state index contributed by atoms with van der Waals surface area (Å²) in [5, 5.41) is 5.60. The highest BCUT2D eigenvalue weighted by Gasteiger charge is 2.40. The Morgan fingerprint density at radius 1 is 1.24 bits per heavy atom. The fraction of sp³-hybridized carbons (Fsp3) is 0.500. The number of carbonyl (C=O) groups excluding carboxylic acids is 2. The second-order valence-corrected chi connectivity index (χ2v) is 5.80. The maximum atomic E-state index is 12.0. The van der Waals surface area contributed by atoms with E-state index in [-0.39, 0.29) is 11.9 Å². The average molecular weight is 289 g/mol. The molecule has 1 saturated carbocycles. The molecule has 0 bridgehead atoms. The normalized spacial score (nSPS) is 18.0. The van der Waals surface area contributed by atoms with Crippen LogP contribution in [0.3, 0.4) is 0 Å². The molecule has 4 N–H and O–H groups in total. The van der Waals surface area contributed by atoms with Crippen molar-refractivity contribution in [2.45, 2.75) is 44.1 Å². The summed E-state index contributed by atoms with van der Waals surface area (Å²) < 4.78 is 0. The molecule has 0 aliphatic heterocycles. The third-order valence-electron chi connectivity index (χ3n) is 4.22. The molecular weight excluding hydrogens is 266 g/mol. The molecule has 0 saturated heterocycles. The van der Waals surface area contributed by atoms with E-state index in [0.29, 0.717) is 19.4 Å². The Labute approximate surface area is 125 Å². The fourth-order valence-corrected chi connectivity index (χ4v) is 2.82. The summed E-state index contributed by atoms with van der Waals surface area (Å²) in [6.07, 6.45) is 3.10. The van der Waals surface area contributed by atoms with Gasteiger partial charge < -0.3 is 16.4 Å². The molecule has 3 amide bonds. The van der Waals surface area contributed by atoms with Gasteiger partial charge in [0.25, 0.3) is 0 Å². The molecule has 5 nitrogen and oxygen atoms in total. The van der Waals surface area contributed by atoms with Crippen molar-refractivity contribution in [2.75, 3.05) is 6.54 Å². The van der Waals surface area contributed by atoms with Gasteiger partial charge in [-0.2, -0.15) is 0 Å². The van der Waals surface area contributed by atoms with Gasteiger partial charge in [0.1, 0.15) is 5.54 Å². The van der Waals surface area contributed by atoms with E-state index in [1.807, 2.05) is 30.3 Å². The number of rotatable bonds is 5. The van der Waals surface area contributed by atoms with Gasteiger partial charge in [-0.15, -0.1) is 0 Å². The van der Waals surface area contributed by atoms with Crippen molar-refractivity contribution in [3.63, 3.8) is 0 Å². The monoisotopic (exact) mass is 289 g/mol. The van der Waals surface area contributed by atoms with E-state index in [1.165, 1.54) is 5.56 Å². The van der Waals surface area contributed by atoms with Crippen LogP contribution >= 0.6 is 0 Å².